The molecule has 0 aliphatic heterocycles. The average molecular weight is 162 g/mol. The quantitative estimate of drug-likeness (QED) is 0.509. The van der Waals surface area contributed by atoms with E-state index in [0.717, 1.165) is 11.8 Å². The summed E-state index contributed by atoms with van der Waals surface area (Å²) in [5, 5.41) is 0. The molecule has 0 unspecified atom stereocenters. The maximum atomic E-state index is 2.45. The second kappa shape index (κ2) is 3.08. The van der Waals surface area contributed by atoms with E-state index in [1.54, 1.807) is 11.1 Å². The van der Waals surface area contributed by atoms with E-state index >= 15 is 0 Å². The molecule has 0 bridgehead atoms. The summed E-state index contributed by atoms with van der Waals surface area (Å²) in [6, 6.07) is 0. The second-order valence-electron chi connectivity index (χ2n) is 4.39. The molecule has 66 valence electrons. The van der Waals surface area contributed by atoms with Gasteiger partial charge < -0.3 is 0 Å². The van der Waals surface area contributed by atoms with Gasteiger partial charge in [0.1, 0.15) is 0 Å². The van der Waals surface area contributed by atoms with Gasteiger partial charge in [0.15, 0.2) is 0 Å². The SMILES string of the molecule is CC1=CC2=CCC[C@@H](C)[C@@H]2CC1. The van der Waals surface area contributed by atoms with Gasteiger partial charge in [0.25, 0.3) is 0 Å². The Balaban J connectivity index is 2.25. The monoisotopic (exact) mass is 162 g/mol. The largest absolute Gasteiger partial charge is 0.0810 e. The van der Waals surface area contributed by atoms with Gasteiger partial charge in [-0.15, -0.1) is 0 Å². The Hall–Kier alpha value is -0.520. The summed E-state index contributed by atoms with van der Waals surface area (Å²) in [5.41, 5.74) is 3.21. The molecule has 0 radical (unpaired) electrons. The zero-order valence-electron chi connectivity index (χ0n) is 8.14. The summed E-state index contributed by atoms with van der Waals surface area (Å²) >= 11 is 0. The lowest BCUT2D eigenvalue weighted by molar-refractivity contribution is 0.346. The first-order valence-electron chi connectivity index (χ1n) is 5.14. The van der Waals surface area contributed by atoms with Crippen molar-refractivity contribution in [1.82, 2.24) is 0 Å². The Labute approximate surface area is 75.4 Å². The summed E-state index contributed by atoms with van der Waals surface area (Å²) in [6.45, 7) is 4.67. The minimum Gasteiger partial charge on any atom is -0.0810 e. The highest BCUT2D eigenvalue weighted by molar-refractivity contribution is 5.30. The van der Waals surface area contributed by atoms with Crippen LogP contribution in [0.3, 0.4) is 0 Å². The first-order valence-corrected chi connectivity index (χ1v) is 5.14. The van der Waals surface area contributed by atoms with Crippen molar-refractivity contribution >= 4 is 0 Å². The number of fused-ring (bicyclic) bond motifs is 1. The third kappa shape index (κ3) is 1.35. The summed E-state index contributed by atoms with van der Waals surface area (Å²) in [6.07, 6.45) is 10.3. The second-order valence-corrected chi connectivity index (χ2v) is 4.39. The summed E-state index contributed by atoms with van der Waals surface area (Å²) in [5.74, 6) is 1.82. The summed E-state index contributed by atoms with van der Waals surface area (Å²) in [7, 11) is 0. The van der Waals surface area contributed by atoms with E-state index < -0.39 is 0 Å². The molecular weight excluding hydrogens is 144 g/mol. The van der Waals surface area contributed by atoms with Crippen LogP contribution in [0.2, 0.25) is 0 Å². The smallest absolute Gasteiger partial charge is 0.0136 e. The molecule has 0 spiro atoms. The molecule has 2 atom stereocenters. The molecule has 0 aromatic heterocycles. The Morgan fingerprint density at radius 1 is 1.33 bits per heavy atom. The number of allylic oxidation sites excluding steroid dienone is 4. The van der Waals surface area contributed by atoms with E-state index in [1.165, 1.54) is 25.7 Å². The van der Waals surface area contributed by atoms with Crippen molar-refractivity contribution in [3.8, 4) is 0 Å². The number of rotatable bonds is 0. The van der Waals surface area contributed by atoms with E-state index in [9.17, 15) is 0 Å². The van der Waals surface area contributed by atoms with Gasteiger partial charge in [-0.25, -0.2) is 0 Å². The normalized spacial score (nSPS) is 35.2. The molecule has 0 N–H and O–H groups in total. The minimum atomic E-state index is 0.891. The number of hydrogen-bond acceptors (Lipinski definition) is 0. The molecule has 0 aromatic rings. The van der Waals surface area contributed by atoms with Gasteiger partial charge in [0, 0.05) is 0 Å². The van der Waals surface area contributed by atoms with Gasteiger partial charge in [0.05, 0.1) is 0 Å². The molecule has 0 heterocycles. The van der Waals surface area contributed by atoms with Crippen LogP contribution in [-0.4, -0.2) is 0 Å². The first-order chi connectivity index (χ1) is 5.77. The van der Waals surface area contributed by atoms with Crippen LogP contribution in [0.5, 0.6) is 0 Å². The molecule has 0 saturated heterocycles. The van der Waals surface area contributed by atoms with Crippen LogP contribution in [0, 0.1) is 11.8 Å². The van der Waals surface area contributed by atoms with Crippen molar-refractivity contribution in [2.75, 3.05) is 0 Å². The maximum absolute atomic E-state index is 2.45. The maximum Gasteiger partial charge on any atom is -0.0136 e. The van der Waals surface area contributed by atoms with E-state index in [4.69, 9.17) is 0 Å². The molecule has 2 rings (SSSR count). The summed E-state index contributed by atoms with van der Waals surface area (Å²) in [4.78, 5) is 0. The van der Waals surface area contributed by atoms with Crippen molar-refractivity contribution in [1.29, 1.82) is 0 Å². The van der Waals surface area contributed by atoms with Crippen molar-refractivity contribution in [3.63, 3.8) is 0 Å². The van der Waals surface area contributed by atoms with Crippen molar-refractivity contribution in [2.24, 2.45) is 11.8 Å². The molecule has 2 aliphatic carbocycles. The van der Waals surface area contributed by atoms with Gasteiger partial charge in [-0.3, -0.25) is 0 Å². The lowest BCUT2D eigenvalue weighted by Gasteiger charge is -2.32. The Morgan fingerprint density at radius 2 is 2.17 bits per heavy atom. The van der Waals surface area contributed by atoms with Crippen LogP contribution < -0.4 is 0 Å². The fourth-order valence-electron chi connectivity index (χ4n) is 2.55. The lowest BCUT2D eigenvalue weighted by atomic mass is 9.73. The fraction of sp³-hybridized carbons (Fsp3) is 0.667. The molecule has 0 heteroatoms. The molecule has 0 nitrogen and oxygen atoms in total. The van der Waals surface area contributed by atoms with E-state index in [-0.39, 0.29) is 0 Å². The summed E-state index contributed by atoms with van der Waals surface area (Å²) < 4.78 is 0. The van der Waals surface area contributed by atoms with Gasteiger partial charge in [0.2, 0.25) is 0 Å². The Morgan fingerprint density at radius 3 is 3.00 bits per heavy atom. The van der Waals surface area contributed by atoms with Gasteiger partial charge in [-0.1, -0.05) is 24.6 Å². The fourth-order valence-corrected chi connectivity index (χ4v) is 2.55. The predicted octanol–water partition coefficient (Wildman–Crippen LogP) is 3.70. The molecular formula is C12H18. The standard InChI is InChI=1S/C12H18/c1-9-6-7-12-10(2)4-3-5-11(12)8-9/h5,8,10,12H,3-4,6-7H2,1-2H3/t10-,12+/m1/s1. The van der Waals surface area contributed by atoms with Gasteiger partial charge in [-0.2, -0.15) is 0 Å². The van der Waals surface area contributed by atoms with E-state index in [2.05, 4.69) is 26.0 Å². The zero-order chi connectivity index (χ0) is 8.55. The van der Waals surface area contributed by atoms with Crippen LogP contribution >= 0.6 is 0 Å². The third-order valence-electron chi connectivity index (χ3n) is 3.38. The highest BCUT2D eigenvalue weighted by Crippen LogP contribution is 2.38. The zero-order valence-corrected chi connectivity index (χ0v) is 8.14. The molecule has 0 fully saturated rings. The minimum absolute atomic E-state index is 0.891. The highest BCUT2D eigenvalue weighted by atomic mass is 14.3. The molecule has 12 heavy (non-hydrogen) atoms. The Kier molecular flexibility index (Phi) is 2.08. The topological polar surface area (TPSA) is 0 Å². The van der Waals surface area contributed by atoms with Crippen molar-refractivity contribution in [2.45, 2.75) is 39.5 Å². The van der Waals surface area contributed by atoms with E-state index in [0.29, 0.717) is 0 Å². The van der Waals surface area contributed by atoms with Crippen molar-refractivity contribution in [3.05, 3.63) is 23.3 Å². The van der Waals surface area contributed by atoms with Crippen LogP contribution in [0.4, 0.5) is 0 Å². The van der Waals surface area contributed by atoms with Crippen LogP contribution in [-0.2, 0) is 0 Å². The first kappa shape index (κ1) is 8.10. The van der Waals surface area contributed by atoms with Crippen LogP contribution in [0.1, 0.15) is 39.5 Å². The number of hydrogen-bond donors (Lipinski definition) is 0. The predicted molar refractivity (Wildman–Crippen MR) is 53.0 cm³/mol. The van der Waals surface area contributed by atoms with Crippen LogP contribution in [0.15, 0.2) is 23.3 Å². The lowest BCUT2D eigenvalue weighted by Crippen LogP contribution is -2.19. The van der Waals surface area contributed by atoms with Gasteiger partial charge >= 0.3 is 0 Å². The van der Waals surface area contributed by atoms with Crippen LogP contribution in [0.25, 0.3) is 0 Å². The van der Waals surface area contributed by atoms with E-state index in [1.807, 2.05) is 0 Å². The molecule has 0 amide bonds. The van der Waals surface area contributed by atoms with Gasteiger partial charge in [-0.05, 0) is 50.0 Å². The highest BCUT2D eigenvalue weighted by Gasteiger charge is 2.25. The molecule has 0 aromatic carbocycles. The molecule has 0 saturated carbocycles. The Bertz CT molecular complexity index is 232. The average Bonchev–Trinajstić information content (AvgIpc) is 2.04. The molecule has 2 aliphatic rings. The van der Waals surface area contributed by atoms with Crippen molar-refractivity contribution < 1.29 is 0 Å². The third-order valence-corrected chi connectivity index (χ3v) is 3.38.